The minimum absolute atomic E-state index is 0.193. The molecule has 5 nitrogen and oxygen atoms in total. The lowest BCUT2D eigenvalue weighted by atomic mass is 10.0. The Balaban J connectivity index is 2.32. The lowest BCUT2D eigenvalue weighted by molar-refractivity contribution is -0.121. The molecule has 0 radical (unpaired) electrons. The molecule has 0 saturated carbocycles. The van der Waals surface area contributed by atoms with E-state index >= 15 is 0 Å². The van der Waals surface area contributed by atoms with Crippen molar-refractivity contribution in [3.8, 4) is 11.8 Å². The summed E-state index contributed by atoms with van der Waals surface area (Å²) in [6.45, 7) is 2.15. The van der Waals surface area contributed by atoms with E-state index in [-0.39, 0.29) is 12.5 Å². The first-order valence-electron chi connectivity index (χ1n) is 6.85. The van der Waals surface area contributed by atoms with Gasteiger partial charge < -0.3 is 15.7 Å². The van der Waals surface area contributed by atoms with Crippen LogP contribution in [0.4, 0.5) is 0 Å². The zero-order valence-corrected chi connectivity index (χ0v) is 11.9. The van der Waals surface area contributed by atoms with Crippen LogP contribution in [0.15, 0.2) is 18.2 Å². The summed E-state index contributed by atoms with van der Waals surface area (Å²) >= 11 is 0. The fourth-order valence-corrected chi connectivity index (χ4v) is 2.53. The minimum Gasteiger partial charge on any atom is -0.384 e. The summed E-state index contributed by atoms with van der Waals surface area (Å²) in [5.41, 5.74) is 7.36. The zero-order chi connectivity index (χ0) is 15.4. The van der Waals surface area contributed by atoms with Crippen molar-refractivity contribution < 1.29 is 14.7 Å². The van der Waals surface area contributed by atoms with Crippen molar-refractivity contribution >= 4 is 11.8 Å². The van der Waals surface area contributed by atoms with Crippen LogP contribution in [0.1, 0.15) is 34.3 Å². The van der Waals surface area contributed by atoms with Gasteiger partial charge in [0, 0.05) is 17.7 Å². The van der Waals surface area contributed by atoms with Crippen LogP contribution in [-0.2, 0) is 4.79 Å². The van der Waals surface area contributed by atoms with E-state index in [1.165, 1.54) is 4.90 Å². The molecule has 0 aliphatic carbocycles. The number of likely N-dealkylation sites (tertiary alicyclic amines) is 1. The molecular formula is C16H18N2O3. The first-order chi connectivity index (χ1) is 10.0. The largest absolute Gasteiger partial charge is 0.384 e. The van der Waals surface area contributed by atoms with E-state index in [1.807, 2.05) is 13.0 Å². The molecule has 5 heteroatoms. The number of carbonyl (C=O) groups is 2. The van der Waals surface area contributed by atoms with E-state index in [0.29, 0.717) is 24.1 Å². The molecule has 21 heavy (non-hydrogen) atoms. The van der Waals surface area contributed by atoms with Gasteiger partial charge in [-0.25, -0.2) is 0 Å². The fourth-order valence-electron chi connectivity index (χ4n) is 2.53. The van der Waals surface area contributed by atoms with E-state index < -0.39 is 11.9 Å². The van der Waals surface area contributed by atoms with Gasteiger partial charge >= 0.3 is 0 Å². The molecule has 1 aliphatic heterocycles. The molecule has 110 valence electrons. The highest BCUT2D eigenvalue weighted by molar-refractivity contribution is 5.99. The second kappa shape index (κ2) is 6.42. The van der Waals surface area contributed by atoms with Crippen LogP contribution >= 0.6 is 0 Å². The Morgan fingerprint density at radius 3 is 2.90 bits per heavy atom. The van der Waals surface area contributed by atoms with E-state index in [4.69, 9.17) is 10.8 Å². The maximum Gasteiger partial charge on any atom is 0.254 e. The van der Waals surface area contributed by atoms with Gasteiger partial charge in [-0.2, -0.15) is 0 Å². The molecule has 0 bridgehead atoms. The van der Waals surface area contributed by atoms with Crippen LogP contribution in [0.3, 0.4) is 0 Å². The van der Waals surface area contributed by atoms with E-state index in [9.17, 15) is 9.59 Å². The number of aliphatic hydroxyl groups is 1. The molecule has 1 aliphatic rings. The average molecular weight is 286 g/mol. The SMILES string of the molecule is Cc1ccc(C#CCO)cc1C(=O)N1CCCC1C(N)=O. The van der Waals surface area contributed by atoms with E-state index in [1.54, 1.807) is 12.1 Å². The van der Waals surface area contributed by atoms with Crippen molar-refractivity contribution in [1.82, 2.24) is 4.90 Å². The molecular weight excluding hydrogens is 268 g/mol. The quantitative estimate of drug-likeness (QED) is 0.773. The van der Waals surface area contributed by atoms with Gasteiger partial charge in [-0.1, -0.05) is 17.9 Å². The number of hydrogen-bond donors (Lipinski definition) is 2. The highest BCUT2D eigenvalue weighted by Gasteiger charge is 2.33. The van der Waals surface area contributed by atoms with Gasteiger partial charge in [-0.15, -0.1) is 0 Å². The highest BCUT2D eigenvalue weighted by Crippen LogP contribution is 2.22. The predicted molar refractivity (Wildman–Crippen MR) is 78.4 cm³/mol. The molecule has 1 unspecified atom stereocenters. The Morgan fingerprint density at radius 1 is 1.48 bits per heavy atom. The molecule has 3 N–H and O–H groups in total. The standard InChI is InChI=1S/C16H18N2O3/c1-11-6-7-12(4-3-9-19)10-13(11)16(21)18-8-2-5-14(18)15(17)20/h6-7,10,14,19H,2,5,8-9H2,1H3,(H2,17,20). The van der Waals surface area contributed by atoms with Crippen molar-refractivity contribution in [3.63, 3.8) is 0 Å². The number of hydrogen-bond acceptors (Lipinski definition) is 3. The van der Waals surface area contributed by atoms with Gasteiger partial charge in [-0.05, 0) is 37.5 Å². The molecule has 0 aromatic heterocycles. The van der Waals surface area contributed by atoms with Crippen LogP contribution in [-0.4, -0.2) is 41.0 Å². The molecule has 1 heterocycles. The summed E-state index contributed by atoms with van der Waals surface area (Å²) < 4.78 is 0. The molecule has 2 rings (SSSR count). The Labute approximate surface area is 123 Å². The Morgan fingerprint density at radius 2 is 2.24 bits per heavy atom. The zero-order valence-electron chi connectivity index (χ0n) is 11.9. The number of aliphatic hydroxyl groups excluding tert-OH is 1. The van der Waals surface area contributed by atoms with E-state index in [0.717, 1.165) is 12.0 Å². The summed E-state index contributed by atoms with van der Waals surface area (Å²) in [7, 11) is 0. The van der Waals surface area contributed by atoms with Gasteiger partial charge in [0.15, 0.2) is 0 Å². The van der Waals surface area contributed by atoms with Gasteiger partial charge in [-0.3, -0.25) is 9.59 Å². The number of nitrogens with zero attached hydrogens (tertiary/aromatic N) is 1. The van der Waals surface area contributed by atoms with Gasteiger partial charge in [0.25, 0.3) is 5.91 Å². The van der Waals surface area contributed by atoms with Crippen LogP contribution in [0.5, 0.6) is 0 Å². The summed E-state index contributed by atoms with van der Waals surface area (Å²) in [6.07, 6.45) is 1.40. The number of aryl methyl sites for hydroxylation is 1. The van der Waals surface area contributed by atoms with Crippen molar-refractivity contribution in [2.24, 2.45) is 5.73 Å². The molecule has 1 aromatic carbocycles. The summed E-state index contributed by atoms with van der Waals surface area (Å²) in [5.74, 6) is 4.68. The Bertz CT molecular complexity index is 628. The highest BCUT2D eigenvalue weighted by atomic mass is 16.2. The average Bonchev–Trinajstić information content (AvgIpc) is 2.95. The molecule has 1 atom stereocenters. The lowest BCUT2D eigenvalue weighted by Crippen LogP contribution is -2.43. The summed E-state index contributed by atoms with van der Waals surface area (Å²) in [6, 6.07) is 4.77. The third-order valence-corrected chi connectivity index (χ3v) is 3.62. The van der Waals surface area contributed by atoms with E-state index in [2.05, 4.69) is 11.8 Å². The number of benzene rings is 1. The predicted octanol–water partition coefficient (Wildman–Crippen LogP) is 0.429. The fraction of sp³-hybridized carbons (Fsp3) is 0.375. The monoisotopic (exact) mass is 286 g/mol. The normalized spacial score (nSPS) is 17.2. The summed E-state index contributed by atoms with van der Waals surface area (Å²) in [5, 5.41) is 8.73. The maximum absolute atomic E-state index is 12.6. The molecule has 0 spiro atoms. The third-order valence-electron chi connectivity index (χ3n) is 3.62. The first kappa shape index (κ1) is 15.1. The molecule has 1 fully saturated rings. The second-order valence-corrected chi connectivity index (χ2v) is 5.05. The lowest BCUT2D eigenvalue weighted by Gasteiger charge is -2.23. The Kier molecular flexibility index (Phi) is 4.61. The van der Waals surface area contributed by atoms with Crippen molar-refractivity contribution in [3.05, 3.63) is 34.9 Å². The van der Waals surface area contributed by atoms with Crippen LogP contribution in [0.2, 0.25) is 0 Å². The number of amides is 2. The van der Waals surface area contributed by atoms with Crippen molar-refractivity contribution in [2.75, 3.05) is 13.2 Å². The summed E-state index contributed by atoms with van der Waals surface area (Å²) in [4.78, 5) is 25.6. The Hall–Kier alpha value is -2.32. The molecule has 2 amide bonds. The van der Waals surface area contributed by atoms with Crippen molar-refractivity contribution in [1.29, 1.82) is 0 Å². The smallest absolute Gasteiger partial charge is 0.254 e. The van der Waals surface area contributed by atoms with Gasteiger partial charge in [0.2, 0.25) is 5.91 Å². The van der Waals surface area contributed by atoms with Gasteiger partial charge in [0.05, 0.1) is 0 Å². The number of carbonyl (C=O) groups excluding carboxylic acids is 2. The minimum atomic E-state index is -0.524. The topological polar surface area (TPSA) is 83.6 Å². The maximum atomic E-state index is 12.6. The van der Waals surface area contributed by atoms with Crippen LogP contribution in [0, 0.1) is 18.8 Å². The molecule has 1 aromatic rings. The first-order valence-corrected chi connectivity index (χ1v) is 6.85. The number of nitrogens with two attached hydrogens (primary N) is 1. The second-order valence-electron chi connectivity index (χ2n) is 5.05. The van der Waals surface area contributed by atoms with Crippen LogP contribution < -0.4 is 5.73 Å². The molecule has 1 saturated heterocycles. The number of primary amides is 1. The van der Waals surface area contributed by atoms with Crippen molar-refractivity contribution in [2.45, 2.75) is 25.8 Å². The van der Waals surface area contributed by atoms with Crippen LogP contribution in [0.25, 0.3) is 0 Å². The number of rotatable bonds is 2. The third kappa shape index (κ3) is 3.23. The van der Waals surface area contributed by atoms with Gasteiger partial charge in [0.1, 0.15) is 12.6 Å².